The molecule has 1 aromatic carbocycles. The molecule has 1 atom stereocenters. The quantitative estimate of drug-likeness (QED) is 0.795. The summed E-state index contributed by atoms with van der Waals surface area (Å²) >= 11 is 0. The van der Waals surface area contributed by atoms with Crippen molar-refractivity contribution < 1.29 is 9.13 Å². The van der Waals surface area contributed by atoms with Crippen LogP contribution in [0.4, 0.5) is 4.39 Å². The molecule has 3 heteroatoms. The highest BCUT2D eigenvalue weighted by atomic mass is 19.1. The van der Waals surface area contributed by atoms with Crippen LogP contribution in [0.15, 0.2) is 18.2 Å². The molecule has 1 N–H and O–H groups in total. The number of hydrogen-bond acceptors (Lipinski definition) is 2. The van der Waals surface area contributed by atoms with Gasteiger partial charge in [-0.1, -0.05) is 6.07 Å². The third kappa shape index (κ3) is 2.04. The maximum atomic E-state index is 13.2. The van der Waals surface area contributed by atoms with Gasteiger partial charge in [-0.25, -0.2) is 4.39 Å². The summed E-state index contributed by atoms with van der Waals surface area (Å²) in [6.07, 6.45) is 1.12. The van der Waals surface area contributed by atoms with Crippen molar-refractivity contribution in [2.75, 3.05) is 13.2 Å². The first-order chi connectivity index (χ1) is 6.75. The van der Waals surface area contributed by atoms with E-state index < -0.39 is 0 Å². The smallest absolute Gasteiger partial charge is 0.165 e. The average molecular weight is 195 g/mol. The van der Waals surface area contributed by atoms with Gasteiger partial charge in [0.05, 0.1) is 0 Å². The molecule has 0 amide bonds. The van der Waals surface area contributed by atoms with Crippen molar-refractivity contribution in [1.82, 2.24) is 5.32 Å². The highest BCUT2D eigenvalue weighted by Gasteiger charge is 2.17. The third-order valence-corrected chi connectivity index (χ3v) is 2.45. The van der Waals surface area contributed by atoms with Crippen LogP contribution in [0.25, 0.3) is 0 Å². The molecule has 0 aliphatic carbocycles. The number of nitrogens with one attached hydrogen (secondary N) is 1. The van der Waals surface area contributed by atoms with Gasteiger partial charge in [0.2, 0.25) is 0 Å². The second-order valence-corrected chi connectivity index (χ2v) is 3.68. The van der Waals surface area contributed by atoms with E-state index in [1.807, 2.05) is 6.92 Å². The first-order valence-corrected chi connectivity index (χ1v) is 4.88. The molecule has 1 fully saturated rings. The average Bonchev–Trinajstić information content (AvgIpc) is 2.08. The molecule has 0 spiro atoms. The van der Waals surface area contributed by atoms with Gasteiger partial charge >= 0.3 is 0 Å². The van der Waals surface area contributed by atoms with Crippen molar-refractivity contribution in [3.05, 3.63) is 29.6 Å². The number of rotatable bonds is 3. The van der Waals surface area contributed by atoms with Crippen molar-refractivity contribution in [3.63, 3.8) is 0 Å². The second kappa shape index (κ2) is 3.96. The van der Waals surface area contributed by atoms with Crippen molar-refractivity contribution >= 4 is 0 Å². The molecule has 2 rings (SSSR count). The van der Waals surface area contributed by atoms with Gasteiger partial charge in [-0.3, -0.25) is 0 Å². The molecule has 2 nitrogen and oxygen atoms in total. The highest BCUT2D eigenvalue weighted by Crippen LogP contribution is 2.19. The zero-order chi connectivity index (χ0) is 9.97. The maximum Gasteiger partial charge on any atom is 0.165 e. The van der Waals surface area contributed by atoms with Crippen molar-refractivity contribution in [2.24, 2.45) is 0 Å². The zero-order valence-corrected chi connectivity index (χ0v) is 8.22. The topological polar surface area (TPSA) is 21.3 Å². The van der Waals surface area contributed by atoms with E-state index in [1.54, 1.807) is 12.1 Å². The molecule has 1 aromatic rings. The molecule has 76 valence electrons. The van der Waals surface area contributed by atoms with Crippen molar-refractivity contribution in [1.29, 1.82) is 0 Å². The number of ether oxygens (including phenoxy) is 1. The van der Waals surface area contributed by atoms with Crippen LogP contribution in [0.3, 0.4) is 0 Å². The Balaban J connectivity index is 1.96. The molecule has 0 aromatic heterocycles. The first-order valence-electron chi connectivity index (χ1n) is 4.88. The van der Waals surface area contributed by atoms with Crippen LogP contribution >= 0.6 is 0 Å². The van der Waals surface area contributed by atoms with E-state index in [2.05, 4.69) is 5.32 Å². The SMILES string of the molecule is Cc1ccc(F)c(OCC2CCN2)c1. The predicted octanol–water partition coefficient (Wildman–Crippen LogP) is 1.87. The Kier molecular flexibility index (Phi) is 2.68. The Hall–Kier alpha value is -1.09. The fourth-order valence-electron chi connectivity index (χ4n) is 1.40. The molecule has 14 heavy (non-hydrogen) atoms. The van der Waals surface area contributed by atoms with Crippen molar-refractivity contribution in [2.45, 2.75) is 19.4 Å². The Bertz CT molecular complexity index is 323. The van der Waals surface area contributed by atoms with Crippen LogP contribution in [0.5, 0.6) is 5.75 Å². The molecule has 1 aliphatic rings. The Morgan fingerprint density at radius 2 is 2.36 bits per heavy atom. The summed E-state index contributed by atoms with van der Waals surface area (Å²) in [5, 5.41) is 3.20. The lowest BCUT2D eigenvalue weighted by Crippen LogP contribution is -2.46. The van der Waals surface area contributed by atoms with Crippen LogP contribution < -0.4 is 10.1 Å². The van der Waals surface area contributed by atoms with Crippen LogP contribution in [0, 0.1) is 12.7 Å². The second-order valence-electron chi connectivity index (χ2n) is 3.68. The minimum atomic E-state index is -0.282. The lowest BCUT2D eigenvalue weighted by atomic mass is 10.1. The van der Waals surface area contributed by atoms with E-state index >= 15 is 0 Å². The Labute approximate surface area is 83.1 Å². The molecule has 1 heterocycles. The molecule has 1 saturated heterocycles. The van der Waals surface area contributed by atoms with Gasteiger partial charge in [0.25, 0.3) is 0 Å². The fraction of sp³-hybridized carbons (Fsp3) is 0.455. The largest absolute Gasteiger partial charge is 0.489 e. The predicted molar refractivity (Wildman–Crippen MR) is 53.0 cm³/mol. The maximum absolute atomic E-state index is 13.2. The molecular weight excluding hydrogens is 181 g/mol. The minimum Gasteiger partial charge on any atom is -0.489 e. The van der Waals surface area contributed by atoms with Crippen LogP contribution in [-0.4, -0.2) is 19.2 Å². The molecule has 1 aliphatic heterocycles. The van der Waals surface area contributed by atoms with Crippen LogP contribution in [0.2, 0.25) is 0 Å². The standard InChI is InChI=1S/C11H14FNO/c1-8-2-3-10(12)11(6-8)14-7-9-4-5-13-9/h2-3,6,9,13H,4-5,7H2,1H3. The van der Waals surface area contributed by atoms with Gasteiger partial charge in [-0.15, -0.1) is 0 Å². The summed E-state index contributed by atoms with van der Waals surface area (Å²) in [6, 6.07) is 5.31. The van der Waals surface area contributed by atoms with Gasteiger partial charge in [0, 0.05) is 6.04 Å². The monoisotopic (exact) mass is 195 g/mol. The lowest BCUT2D eigenvalue weighted by Gasteiger charge is -2.27. The summed E-state index contributed by atoms with van der Waals surface area (Å²) in [4.78, 5) is 0. The summed E-state index contributed by atoms with van der Waals surface area (Å²) in [5.41, 5.74) is 1.02. The number of aryl methyl sites for hydroxylation is 1. The van der Waals surface area contributed by atoms with Gasteiger partial charge < -0.3 is 10.1 Å². The first kappa shape index (κ1) is 9.46. The molecule has 0 bridgehead atoms. The zero-order valence-electron chi connectivity index (χ0n) is 8.22. The normalized spacial score (nSPS) is 20.3. The number of hydrogen-bond donors (Lipinski definition) is 1. The molecular formula is C11H14FNO. The fourth-order valence-corrected chi connectivity index (χ4v) is 1.40. The number of halogens is 1. The summed E-state index contributed by atoms with van der Waals surface area (Å²) < 4.78 is 18.6. The molecule has 0 radical (unpaired) electrons. The Morgan fingerprint density at radius 1 is 1.57 bits per heavy atom. The van der Waals surface area contributed by atoms with E-state index in [0.29, 0.717) is 18.4 Å². The van der Waals surface area contributed by atoms with E-state index in [1.165, 1.54) is 6.07 Å². The summed E-state index contributed by atoms with van der Waals surface area (Å²) in [6.45, 7) is 3.53. The van der Waals surface area contributed by atoms with E-state index in [9.17, 15) is 4.39 Å². The van der Waals surface area contributed by atoms with Crippen LogP contribution in [-0.2, 0) is 0 Å². The van der Waals surface area contributed by atoms with E-state index in [4.69, 9.17) is 4.74 Å². The van der Waals surface area contributed by atoms with E-state index in [-0.39, 0.29) is 5.82 Å². The van der Waals surface area contributed by atoms with Gasteiger partial charge in [0.1, 0.15) is 6.61 Å². The van der Waals surface area contributed by atoms with Gasteiger partial charge in [0.15, 0.2) is 11.6 Å². The molecule has 0 saturated carbocycles. The highest BCUT2D eigenvalue weighted by molar-refractivity contribution is 5.29. The molecule has 1 unspecified atom stereocenters. The summed E-state index contributed by atoms with van der Waals surface area (Å²) in [5.74, 6) is 0.0774. The lowest BCUT2D eigenvalue weighted by molar-refractivity contribution is 0.210. The minimum absolute atomic E-state index is 0.282. The van der Waals surface area contributed by atoms with Crippen LogP contribution in [0.1, 0.15) is 12.0 Å². The van der Waals surface area contributed by atoms with Crippen molar-refractivity contribution in [3.8, 4) is 5.75 Å². The summed E-state index contributed by atoms with van der Waals surface area (Å²) in [7, 11) is 0. The van der Waals surface area contributed by atoms with Gasteiger partial charge in [-0.05, 0) is 37.6 Å². The van der Waals surface area contributed by atoms with E-state index in [0.717, 1.165) is 18.5 Å². The van der Waals surface area contributed by atoms with Gasteiger partial charge in [-0.2, -0.15) is 0 Å². The number of benzene rings is 1. The third-order valence-electron chi connectivity index (χ3n) is 2.45. The Morgan fingerprint density at radius 3 is 3.00 bits per heavy atom.